The van der Waals surface area contributed by atoms with Crippen LogP contribution in [0.4, 0.5) is 11.4 Å². The molecular weight excluding hydrogens is 352 g/mol. The summed E-state index contributed by atoms with van der Waals surface area (Å²) in [4.78, 5) is 25.5. The summed E-state index contributed by atoms with van der Waals surface area (Å²) in [7, 11) is 1.40. The minimum atomic E-state index is -0.602. The summed E-state index contributed by atoms with van der Waals surface area (Å²) in [5.74, 6) is -0.154. The molecule has 148 valence electrons. The molecular formula is C18H26N4O5. The van der Waals surface area contributed by atoms with E-state index in [-0.39, 0.29) is 34.6 Å². The monoisotopic (exact) mass is 378 g/mol. The van der Waals surface area contributed by atoms with Crippen LogP contribution in [0.3, 0.4) is 0 Å². The molecule has 0 aromatic heterocycles. The molecule has 2 fully saturated rings. The predicted molar refractivity (Wildman–Crippen MR) is 100.0 cm³/mol. The van der Waals surface area contributed by atoms with Crippen LogP contribution in [0.15, 0.2) is 12.1 Å². The largest absolute Gasteiger partial charge is 0.496 e. The molecule has 3 N–H and O–H groups in total. The number of nitro benzene ring substituents is 1. The van der Waals surface area contributed by atoms with Crippen LogP contribution >= 0.6 is 0 Å². The lowest BCUT2D eigenvalue weighted by Gasteiger charge is -2.33. The summed E-state index contributed by atoms with van der Waals surface area (Å²) in [6.07, 6.45) is 4.24. The van der Waals surface area contributed by atoms with Gasteiger partial charge in [-0.15, -0.1) is 0 Å². The van der Waals surface area contributed by atoms with Crippen LogP contribution in [0.25, 0.3) is 0 Å². The van der Waals surface area contributed by atoms with Crippen LogP contribution in [0, 0.1) is 10.1 Å². The van der Waals surface area contributed by atoms with Crippen molar-refractivity contribution in [1.29, 1.82) is 0 Å². The Bertz CT molecular complexity index is 697. The van der Waals surface area contributed by atoms with E-state index in [2.05, 4.69) is 10.2 Å². The molecule has 1 aromatic carbocycles. The molecule has 9 nitrogen and oxygen atoms in total. The van der Waals surface area contributed by atoms with Crippen molar-refractivity contribution < 1.29 is 19.2 Å². The lowest BCUT2D eigenvalue weighted by atomic mass is 10.0. The number of rotatable bonds is 6. The fourth-order valence-corrected chi connectivity index (χ4v) is 3.69. The number of amides is 1. The third-order valence-corrected chi connectivity index (χ3v) is 5.20. The van der Waals surface area contributed by atoms with Crippen molar-refractivity contribution in [2.75, 3.05) is 39.1 Å². The molecule has 0 radical (unpaired) electrons. The molecule has 2 heterocycles. The Labute approximate surface area is 157 Å². The lowest BCUT2D eigenvalue weighted by molar-refractivity contribution is -0.383. The number of benzene rings is 1. The first kappa shape index (κ1) is 19.4. The first-order chi connectivity index (χ1) is 13.0. The van der Waals surface area contributed by atoms with E-state index in [9.17, 15) is 14.9 Å². The highest BCUT2D eigenvalue weighted by Crippen LogP contribution is 2.30. The number of carbonyl (C=O) groups excluding carboxylic acids is 1. The smallest absolute Gasteiger partial charge is 0.293 e. The number of carbonyl (C=O) groups is 1. The minimum Gasteiger partial charge on any atom is -0.496 e. The van der Waals surface area contributed by atoms with Gasteiger partial charge in [-0.05, 0) is 25.7 Å². The third-order valence-electron chi connectivity index (χ3n) is 5.20. The number of nitrogens with one attached hydrogen (secondary N) is 1. The number of likely N-dealkylation sites (tertiary alicyclic amines) is 1. The molecule has 1 atom stereocenters. The Kier molecular flexibility index (Phi) is 6.12. The summed E-state index contributed by atoms with van der Waals surface area (Å²) >= 11 is 0. The van der Waals surface area contributed by atoms with Gasteiger partial charge in [0.25, 0.3) is 11.6 Å². The quantitative estimate of drug-likeness (QED) is 0.438. The van der Waals surface area contributed by atoms with Gasteiger partial charge in [-0.1, -0.05) is 0 Å². The number of nitrogens with two attached hydrogens (primary N) is 1. The maximum atomic E-state index is 12.7. The number of anilines is 1. The van der Waals surface area contributed by atoms with Crippen molar-refractivity contribution in [3.8, 4) is 5.75 Å². The van der Waals surface area contributed by atoms with Gasteiger partial charge < -0.3 is 25.4 Å². The highest BCUT2D eigenvalue weighted by atomic mass is 16.6. The molecule has 27 heavy (non-hydrogen) atoms. The summed E-state index contributed by atoms with van der Waals surface area (Å²) < 4.78 is 10.9. The second-order valence-corrected chi connectivity index (χ2v) is 7.05. The molecule has 3 rings (SSSR count). The molecule has 9 heteroatoms. The van der Waals surface area contributed by atoms with Crippen molar-refractivity contribution >= 4 is 17.3 Å². The van der Waals surface area contributed by atoms with E-state index in [1.807, 2.05) is 0 Å². The van der Waals surface area contributed by atoms with E-state index in [1.54, 1.807) is 0 Å². The molecule has 1 aromatic rings. The number of ether oxygens (including phenoxy) is 2. The van der Waals surface area contributed by atoms with E-state index in [4.69, 9.17) is 15.2 Å². The number of nitro groups is 1. The van der Waals surface area contributed by atoms with Crippen molar-refractivity contribution in [3.63, 3.8) is 0 Å². The second kappa shape index (κ2) is 8.53. The fourth-order valence-electron chi connectivity index (χ4n) is 3.69. The van der Waals surface area contributed by atoms with Gasteiger partial charge in [0.1, 0.15) is 11.4 Å². The maximum absolute atomic E-state index is 12.7. The third kappa shape index (κ3) is 4.67. The van der Waals surface area contributed by atoms with E-state index in [0.717, 1.165) is 51.9 Å². The topological polar surface area (TPSA) is 120 Å². The van der Waals surface area contributed by atoms with E-state index in [0.29, 0.717) is 6.10 Å². The second-order valence-electron chi connectivity index (χ2n) is 7.05. The number of methoxy groups -OCH3 is 1. The lowest BCUT2D eigenvalue weighted by Crippen LogP contribution is -2.46. The average Bonchev–Trinajstić information content (AvgIpc) is 3.15. The molecule has 2 saturated heterocycles. The number of hydrogen-bond acceptors (Lipinski definition) is 7. The van der Waals surface area contributed by atoms with Gasteiger partial charge in [0.15, 0.2) is 0 Å². The normalized spacial score (nSPS) is 21.1. The van der Waals surface area contributed by atoms with Crippen LogP contribution in [-0.4, -0.2) is 61.2 Å². The zero-order valence-electron chi connectivity index (χ0n) is 15.5. The molecule has 0 spiro atoms. The van der Waals surface area contributed by atoms with Gasteiger partial charge in [0.05, 0.1) is 23.7 Å². The molecule has 0 bridgehead atoms. The Balaban J connectivity index is 1.59. The number of nitrogens with zero attached hydrogens (tertiary/aromatic N) is 2. The summed E-state index contributed by atoms with van der Waals surface area (Å²) in [5.41, 5.74) is 5.46. The number of hydrogen-bond donors (Lipinski definition) is 2. The van der Waals surface area contributed by atoms with Gasteiger partial charge in [0.2, 0.25) is 0 Å². The van der Waals surface area contributed by atoms with E-state index in [1.165, 1.54) is 19.2 Å². The van der Waals surface area contributed by atoms with Crippen LogP contribution < -0.4 is 15.8 Å². The van der Waals surface area contributed by atoms with Crippen molar-refractivity contribution in [2.45, 2.75) is 37.8 Å². The summed E-state index contributed by atoms with van der Waals surface area (Å²) in [6, 6.07) is 2.52. The summed E-state index contributed by atoms with van der Waals surface area (Å²) in [5, 5.41) is 14.1. The Morgan fingerprint density at radius 1 is 1.41 bits per heavy atom. The minimum absolute atomic E-state index is 0.0274. The van der Waals surface area contributed by atoms with Gasteiger partial charge in [0, 0.05) is 44.4 Å². The molecule has 0 saturated carbocycles. The van der Waals surface area contributed by atoms with Crippen LogP contribution in [0.5, 0.6) is 5.75 Å². The Hall–Kier alpha value is -2.39. The Morgan fingerprint density at radius 3 is 2.74 bits per heavy atom. The Morgan fingerprint density at radius 2 is 2.15 bits per heavy atom. The first-order valence-corrected chi connectivity index (χ1v) is 9.24. The fraction of sp³-hybridized carbons (Fsp3) is 0.611. The van der Waals surface area contributed by atoms with Crippen molar-refractivity contribution in [1.82, 2.24) is 10.2 Å². The highest BCUT2D eigenvalue weighted by Gasteiger charge is 2.27. The van der Waals surface area contributed by atoms with Crippen molar-refractivity contribution in [2.24, 2.45) is 0 Å². The summed E-state index contributed by atoms with van der Waals surface area (Å²) in [6.45, 7) is 3.58. The van der Waals surface area contributed by atoms with E-state index < -0.39 is 4.92 Å². The molecule has 1 unspecified atom stereocenters. The van der Waals surface area contributed by atoms with Gasteiger partial charge in [-0.25, -0.2) is 0 Å². The first-order valence-electron chi connectivity index (χ1n) is 9.24. The zero-order chi connectivity index (χ0) is 19.4. The number of nitrogen functional groups attached to an aromatic ring is 1. The van der Waals surface area contributed by atoms with Gasteiger partial charge in [-0.3, -0.25) is 14.9 Å². The number of piperidine rings is 1. The van der Waals surface area contributed by atoms with Crippen LogP contribution in [0.2, 0.25) is 0 Å². The van der Waals surface area contributed by atoms with E-state index >= 15 is 0 Å². The molecule has 0 aliphatic carbocycles. The standard InChI is InChI=1S/C18H26N4O5/c1-26-17-10-15(19)16(22(24)25)9-14(17)18(23)20-12-4-6-21(7-5-12)11-13-3-2-8-27-13/h9-10,12-13H,2-8,11,19H2,1H3,(H,20,23). The SMILES string of the molecule is COc1cc(N)c([N+](=O)[O-])cc1C(=O)NC1CCN(CC2CCCO2)CC1. The average molecular weight is 378 g/mol. The van der Waals surface area contributed by atoms with Crippen molar-refractivity contribution in [3.05, 3.63) is 27.8 Å². The molecule has 2 aliphatic heterocycles. The van der Waals surface area contributed by atoms with Gasteiger partial charge in [-0.2, -0.15) is 0 Å². The molecule has 2 aliphatic rings. The highest BCUT2D eigenvalue weighted by molar-refractivity contribution is 5.98. The van der Waals surface area contributed by atoms with Crippen LogP contribution in [0.1, 0.15) is 36.0 Å². The van der Waals surface area contributed by atoms with Crippen LogP contribution in [-0.2, 0) is 4.74 Å². The maximum Gasteiger partial charge on any atom is 0.293 e. The molecule has 1 amide bonds. The zero-order valence-corrected chi connectivity index (χ0v) is 15.5. The van der Waals surface area contributed by atoms with Gasteiger partial charge >= 0.3 is 0 Å². The predicted octanol–water partition coefficient (Wildman–Crippen LogP) is 1.56.